The Labute approximate surface area is 218 Å². The molecule has 1 aliphatic rings. The largest absolute Gasteiger partial charge is 0.364 e. The molecule has 0 spiro atoms. The predicted molar refractivity (Wildman–Crippen MR) is 144 cm³/mol. The van der Waals surface area contributed by atoms with Gasteiger partial charge in [-0.3, -0.25) is 14.4 Å². The van der Waals surface area contributed by atoms with Gasteiger partial charge in [-0.05, 0) is 57.5 Å². The van der Waals surface area contributed by atoms with E-state index < -0.39 is 5.91 Å². The van der Waals surface area contributed by atoms with Crippen LogP contribution in [0.3, 0.4) is 0 Å². The van der Waals surface area contributed by atoms with Crippen LogP contribution in [0.2, 0.25) is 0 Å². The standard InChI is InChI=1S/C27H37N7O3/c1-5-21-24(19-11-12-19)32-27(25(31-21)26(28)37)30-20-9-6-8-18(16-20)13-14-29-22(35)17-34(4)23(36)10-7-15-33(2)3/h6-10,16,19H,5,11-15,17H2,1-4H3,(H2,28,37)(H,29,35)(H,30,32)/b10-7+. The number of likely N-dealkylation sites (N-methyl/N-ethyl adjacent to an activating group) is 2. The molecular formula is C27H37N7O3. The van der Waals surface area contributed by atoms with E-state index in [0.29, 0.717) is 37.7 Å². The lowest BCUT2D eigenvalue weighted by Crippen LogP contribution is -2.38. The monoisotopic (exact) mass is 507 g/mol. The van der Waals surface area contributed by atoms with Crippen LogP contribution in [0, 0.1) is 0 Å². The van der Waals surface area contributed by atoms with Crippen molar-refractivity contribution in [3.05, 3.63) is 59.1 Å². The zero-order chi connectivity index (χ0) is 26.9. The van der Waals surface area contributed by atoms with E-state index >= 15 is 0 Å². The van der Waals surface area contributed by atoms with Crippen LogP contribution in [0.1, 0.15) is 53.1 Å². The zero-order valence-corrected chi connectivity index (χ0v) is 22.1. The second kappa shape index (κ2) is 13.0. The van der Waals surface area contributed by atoms with Gasteiger partial charge in [0.05, 0.1) is 17.9 Å². The average Bonchev–Trinajstić information content (AvgIpc) is 3.69. The lowest BCUT2D eigenvalue weighted by Gasteiger charge is -2.15. The quantitative estimate of drug-likeness (QED) is 0.353. The molecule has 0 bridgehead atoms. The summed E-state index contributed by atoms with van der Waals surface area (Å²) in [5.41, 5.74) is 9.23. The molecule has 4 N–H and O–H groups in total. The molecule has 0 saturated heterocycles. The lowest BCUT2D eigenvalue weighted by atomic mass is 10.1. The highest BCUT2D eigenvalue weighted by molar-refractivity contribution is 5.96. The Balaban J connectivity index is 1.57. The number of anilines is 2. The van der Waals surface area contributed by atoms with Crippen molar-refractivity contribution >= 4 is 29.2 Å². The van der Waals surface area contributed by atoms with Gasteiger partial charge in [-0.1, -0.05) is 25.1 Å². The summed E-state index contributed by atoms with van der Waals surface area (Å²) in [6.07, 6.45) is 6.68. The molecule has 10 nitrogen and oxygen atoms in total. The van der Waals surface area contributed by atoms with Crippen molar-refractivity contribution in [2.75, 3.05) is 46.1 Å². The third-order valence-corrected chi connectivity index (χ3v) is 5.94. The smallest absolute Gasteiger partial charge is 0.271 e. The van der Waals surface area contributed by atoms with Crippen LogP contribution in [-0.2, 0) is 22.4 Å². The van der Waals surface area contributed by atoms with E-state index in [-0.39, 0.29) is 24.1 Å². The number of amides is 3. The Hall–Kier alpha value is -3.79. The number of hydrogen-bond donors (Lipinski definition) is 3. The summed E-state index contributed by atoms with van der Waals surface area (Å²) in [4.78, 5) is 49.0. The summed E-state index contributed by atoms with van der Waals surface area (Å²) in [5.74, 6) is -0.308. The molecule has 37 heavy (non-hydrogen) atoms. The maximum atomic E-state index is 12.3. The van der Waals surface area contributed by atoms with Gasteiger partial charge < -0.3 is 26.2 Å². The fraction of sp³-hybridized carbons (Fsp3) is 0.444. The van der Waals surface area contributed by atoms with Crippen molar-refractivity contribution in [3.8, 4) is 0 Å². The number of carbonyl (C=O) groups is 3. The van der Waals surface area contributed by atoms with Crippen molar-refractivity contribution < 1.29 is 14.4 Å². The summed E-state index contributed by atoms with van der Waals surface area (Å²) in [6, 6.07) is 7.67. The molecule has 2 aromatic rings. The minimum absolute atomic E-state index is 0.0155. The third kappa shape index (κ3) is 8.38. The molecule has 0 radical (unpaired) electrons. The van der Waals surface area contributed by atoms with Crippen LogP contribution in [0.15, 0.2) is 36.4 Å². The molecule has 10 heteroatoms. The Bertz CT molecular complexity index is 1160. The van der Waals surface area contributed by atoms with Crippen LogP contribution in [0.4, 0.5) is 11.5 Å². The number of benzene rings is 1. The highest BCUT2D eigenvalue weighted by atomic mass is 16.2. The van der Waals surface area contributed by atoms with E-state index in [4.69, 9.17) is 10.7 Å². The normalized spacial score (nSPS) is 13.1. The number of nitrogens with zero attached hydrogens (tertiary/aromatic N) is 4. The first-order valence-electron chi connectivity index (χ1n) is 12.6. The van der Waals surface area contributed by atoms with Gasteiger partial charge in [0.2, 0.25) is 11.8 Å². The summed E-state index contributed by atoms with van der Waals surface area (Å²) < 4.78 is 0. The molecule has 1 heterocycles. The molecule has 1 aliphatic carbocycles. The number of nitrogens with one attached hydrogen (secondary N) is 2. The topological polar surface area (TPSA) is 134 Å². The number of aryl methyl sites for hydroxylation is 1. The average molecular weight is 508 g/mol. The lowest BCUT2D eigenvalue weighted by molar-refractivity contribution is -0.131. The van der Waals surface area contributed by atoms with E-state index in [1.54, 1.807) is 13.1 Å². The molecule has 3 rings (SSSR count). The van der Waals surface area contributed by atoms with Gasteiger partial charge in [0.1, 0.15) is 0 Å². The molecule has 0 atom stereocenters. The fourth-order valence-electron chi connectivity index (χ4n) is 3.81. The molecule has 1 aromatic carbocycles. The van der Waals surface area contributed by atoms with Crippen molar-refractivity contribution in [2.45, 2.75) is 38.5 Å². The Kier molecular flexibility index (Phi) is 9.73. The predicted octanol–water partition coefficient (Wildman–Crippen LogP) is 1.99. The summed E-state index contributed by atoms with van der Waals surface area (Å²) >= 11 is 0. The third-order valence-electron chi connectivity index (χ3n) is 5.94. The van der Waals surface area contributed by atoms with Gasteiger partial charge in [0.15, 0.2) is 11.5 Å². The molecule has 0 aliphatic heterocycles. The Morgan fingerprint density at radius 2 is 1.92 bits per heavy atom. The van der Waals surface area contributed by atoms with E-state index in [9.17, 15) is 14.4 Å². The van der Waals surface area contributed by atoms with Gasteiger partial charge in [0, 0.05) is 37.8 Å². The number of rotatable bonds is 13. The van der Waals surface area contributed by atoms with E-state index in [2.05, 4.69) is 15.6 Å². The SMILES string of the molecule is CCc1nc(C(N)=O)c(Nc2cccc(CCNC(=O)CN(C)C(=O)/C=C/CN(C)C)c2)nc1C1CC1. The number of hydrogen-bond acceptors (Lipinski definition) is 7. The van der Waals surface area contributed by atoms with Crippen LogP contribution in [0.5, 0.6) is 0 Å². The van der Waals surface area contributed by atoms with Gasteiger partial charge in [-0.15, -0.1) is 0 Å². The zero-order valence-electron chi connectivity index (χ0n) is 22.1. The van der Waals surface area contributed by atoms with Crippen LogP contribution in [-0.4, -0.2) is 78.3 Å². The van der Waals surface area contributed by atoms with E-state index in [1.807, 2.05) is 50.2 Å². The van der Waals surface area contributed by atoms with Gasteiger partial charge >= 0.3 is 0 Å². The van der Waals surface area contributed by atoms with Crippen molar-refractivity contribution in [2.24, 2.45) is 5.73 Å². The molecule has 0 unspecified atom stereocenters. The summed E-state index contributed by atoms with van der Waals surface area (Å²) in [6.45, 7) is 3.06. The van der Waals surface area contributed by atoms with Gasteiger partial charge in [0.25, 0.3) is 5.91 Å². The van der Waals surface area contributed by atoms with Gasteiger partial charge in [-0.2, -0.15) is 0 Å². The van der Waals surface area contributed by atoms with Crippen LogP contribution in [0.25, 0.3) is 0 Å². The second-order valence-electron chi connectivity index (χ2n) is 9.53. The van der Waals surface area contributed by atoms with Crippen LogP contribution >= 0.6 is 0 Å². The number of primary amides is 1. The number of aromatic nitrogens is 2. The highest BCUT2D eigenvalue weighted by Crippen LogP contribution is 2.41. The van der Waals surface area contributed by atoms with Crippen molar-refractivity contribution in [1.82, 2.24) is 25.1 Å². The van der Waals surface area contributed by atoms with Crippen molar-refractivity contribution in [3.63, 3.8) is 0 Å². The highest BCUT2D eigenvalue weighted by Gasteiger charge is 2.30. The Morgan fingerprint density at radius 3 is 2.57 bits per heavy atom. The van der Waals surface area contributed by atoms with E-state index in [1.165, 1.54) is 11.0 Å². The number of nitrogens with two attached hydrogens (primary N) is 1. The molecule has 1 aromatic heterocycles. The maximum Gasteiger partial charge on any atom is 0.271 e. The molecule has 198 valence electrons. The molecule has 1 saturated carbocycles. The molecular weight excluding hydrogens is 470 g/mol. The minimum Gasteiger partial charge on any atom is -0.364 e. The summed E-state index contributed by atoms with van der Waals surface area (Å²) in [5, 5.41) is 6.07. The molecule has 3 amide bonds. The minimum atomic E-state index is -0.623. The van der Waals surface area contributed by atoms with Crippen molar-refractivity contribution in [1.29, 1.82) is 0 Å². The first kappa shape index (κ1) is 27.8. The number of carbonyl (C=O) groups excluding carboxylic acids is 3. The first-order valence-corrected chi connectivity index (χ1v) is 12.6. The van der Waals surface area contributed by atoms with Gasteiger partial charge in [-0.25, -0.2) is 9.97 Å². The van der Waals surface area contributed by atoms with E-state index in [0.717, 1.165) is 35.5 Å². The Morgan fingerprint density at radius 1 is 1.16 bits per heavy atom. The summed E-state index contributed by atoms with van der Waals surface area (Å²) in [7, 11) is 5.43. The maximum absolute atomic E-state index is 12.3. The fourth-order valence-corrected chi connectivity index (χ4v) is 3.81. The first-order chi connectivity index (χ1) is 17.7. The second-order valence-corrected chi connectivity index (χ2v) is 9.53. The molecule has 1 fully saturated rings. The van der Waals surface area contributed by atoms with Crippen LogP contribution < -0.4 is 16.4 Å².